The number of aromatic nitrogens is 1. The van der Waals surface area contributed by atoms with Crippen molar-refractivity contribution in [2.45, 2.75) is 57.8 Å². The first kappa shape index (κ1) is 12.9. The van der Waals surface area contributed by atoms with E-state index < -0.39 is 0 Å². The number of hydrogen-bond acceptors (Lipinski definition) is 4. The summed E-state index contributed by atoms with van der Waals surface area (Å²) in [6.07, 6.45) is 6.08. The van der Waals surface area contributed by atoms with Gasteiger partial charge in [-0.15, -0.1) is 0 Å². The van der Waals surface area contributed by atoms with E-state index in [0.29, 0.717) is 6.10 Å². The number of ether oxygens (including phenoxy) is 1. The molecule has 0 aromatic carbocycles. The van der Waals surface area contributed by atoms with Gasteiger partial charge in [-0.1, -0.05) is 0 Å². The van der Waals surface area contributed by atoms with Gasteiger partial charge in [-0.2, -0.15) is 0 Å². The van der Waals surface area contributed by atoms with E-state index in [1.54, 1.807) is 12.4 Å². The van der Waals surface area contributed by atoms with Crippen LogP contribution in [0.2, 0.25) is 0 Å². The van der Waals surface area contributed by atoms with Crippen LogP contribution in [-0.2, 0) is 9.31 Å². The first-order valence-electron chi connectivity index (χ1n) is 6.85. The summed E-state index contributed by atoms with van der Waals surface area (Å²) >= 11 is 0. The lowest BCUT2D eigenvalue weighted by Gasteiger charge is -2.32. The van der Waals surface area contributed by atoms with Crippen LogP contribution in [0.1, 0.15) is 40.5 Å². The van der Waals surface area contributed by atoms with E-state index in [1.165, 1.54) is 0 Å². The maximum absolute atomic E-state index is 6.06. The number of rotatable bonds is 3. The summed E-state index contributed by atoms with van der Waals surface area (Å²) in [7, 11) is -0.387. The van der Waals surface area contributed by atoms with Gasteiger partial charge in [0.15, 0.2) is 0 Å². The zero-order valence-electron chi connectivity index (χ0n) is 12.0. The summed E-state index contributed by atoms with van der Waals surface area (Å²) in [4.78, 5) is 4.13. The molecule has 2 fully saturated rings. The molecule has 102 valence electrons. The lowest BCUT2D eigenvalue weighted by molar-refractivity contribution is 0.00578. The summed E-state index contributed by atoms with van der Waals surface area (Å²) in [5.74, 6) is 0.781. The van der Waals surface area contributed by atoms with Gasteiger partial charge in [-0.05, 0) is 46.6 Å². The van der Waals surface area contributed by atoms with Gasteiger partial charge in [-0.3, -0.25) is 4.98 Å². The van der Waals surface area contributed by atoms with Crippen LogP contribution in [0.25, 0.3) is 0 Å². The van der Waals surface area contributed by atoms with Crippen LogP contribution in [0.15, 0.2) is 18.5 Å². The summed E-state index contributed by atoms with van der Waals surface area (Å²) in [5.41, 5.74) is 0.260. The third-order valence-electron chi connectivity index (χ3n) is 4.14. The van der Waals surface area contributed by atoms with E-state index in [-0.39, 0.29) is 18.3 Å². The van der Waals surface area contributed by atoms with Crippen LogP contribution in [-0.4, -0.2) is 29.4 Å². The molecule has 1 aromatic heterocycles. The highest BCUT2D eigenvalue weighted by Crippen LogP contribution is 2.37. The molecule has 0 N–H and O–H groups in total. The Morgan fingerprint density at radius 2 is 1.84 bits per heavy atom. The largest absolute Gasteiger partial charge is 0.498 e. The van der Waals surface area contributed by atoms with Crippen molar-refractivity contribution in [2.75, 3.05) is 0 Å². The van der Waals surface area contributed by atoms with Gasteiger partial charge in [0.1, 0.15) is 5.75 Å². The smallest absolute Gasteiger partial charge is 0.489 e. The molecule has 0 amide bonds. The van der Waals surface area contributed by atoms with Gasteiger partial charge in [0, 0.05) is 11.7 Å². The molecule has 1 aliphatic carbocycles. The lowest BCUT2D eigenvalue weighted by Crippen LogP contribution is -2.41. The molecule has 0 bridgehead atoms. The predicted molar refractivity (Wildman–Crippen MR) is 73.6 cm³/mol. The Hall–Kier alpha value is -1.07. The van der Waals surface area contributed by atoms with Gasteiger partial charge < -0.3 is 14.0 Å². The monoisotopic (exact) mass is 261 g/mol. The molecule has 0 spiro atoms. The molecule has 1 aromatic rings. The van der Waals surface area contributed by atoms with E-state index in [0.717, 1.165) is 24.1 Å². The third-order valence-corrected chi connectivity index (χ3v) is 4.14. The second-order valence-electron chi connectivity index (χ2n) is 6.32. The Bertz CT molecular complexity index is 469. The summed E-state index contributed by atoms with van der Waals surface area (Å²) in [6.45, 7) is 8.20. The Kier molecular flexibility index (Phi) is 2.87. The van der Waals surface area contributed by atoms with E-state index in [2.05, 4.69) is 32.7 Å². The zero-order valence-corrected chi connectivity index (χ0v) is 12.0. The first-order chi connectivity index (χ1) is 8.89. The van der Waals surface area contributed by atoms with Gasteiger partial charge in [-0.25, -0.2) is 0 Å². The quantitative estimate of drug-likeness (QED) is 0.779. The number of nitrogens with zero attached hydrogens (tertiary/aromatic N) is 1. The lowest BCUT2D eigenvalue weighted by atomic mass is 9.79. The summed E-state index contributed by atoms with van der Waals surface area (Å²) < 4.78 is 18.0. The molecule has 2 aliphatic rings. The van der Waals surface area contributed by atoms with Gasteiger partial charge >= 0.3 is 7.12 Å². The minimum absolute atomic E-state index is 0.336. The first-order valence-corrected chi connectivity index (χ1v) is 6.85. The summed E-state index contributed by atoms with van der Waals surface area (Å²) in [6, 6.07) is 1.92. The van der Waals surface area contributed by atoms with E-state index in [9.17, 15) is 0 Å². The third kappa shape index (κ3) is 2.37. The molecule has 0 radical (unpaired) electrons. The van der Waals surface area contributed by atoms with Crippen LogP contribution in [0.3, 0.4) is 0 Å². The van der Waals surface area contributed by atoms with E-state index >= 15 is 0 Å². The molecule has 1 saturated heterocycles. The maximum Gasteiger partial charge on any atom is 0.498 e. The molecule has 2 heterocycles. The van der Waals surface area contributed by atoms with Crippen molar-refractivity contribution in [2.24, 2.45) is 0 Å². The fraction of sp³-hybridized carbons (Fsp3) is 0.643. The van der Waals surface area contributed by atoms with Crippen LogP contribution < -0.4 is 10.2 Å². The Labute approximate surface area is 114 Å². The predicted octanol–water partition coefficient (Wildman–Crippen LogP) is 1.92. The molecule has 5 heteroatoms. The van der Waals surface area contributed by atoms with Crippen molar-refractivity contribution in [3.05, 3.63) is 18.5 Å². The Balaban J connectivity index is 1.86. The molecular weight excluding hydrogens is 241 g/mol. The molecule has 19 heavy (non-hydrogen) atoms. The minimum atomic E-state index is -0.387. The fourth-order valence-electron chi connectivity index (χ4n) is 2.02. The van der Waals surface area contributed by atoms with E-state index in [4.69, 9.17) is 14.0 Å². The standard InChI is InChI=1S/C14H20BNO3/c1-13(2)14(3,4)19-15(18-13)11-7-8-16-9-12(11)17-10-5-6-10/h7-10H,5-6H2,1-4H3. The molecule has 1 saturated carbocycles. The van der Waals surface area contributed by atoms with Crippen molar-refractivity contribution in [1.82, 2.24) is 4.98 Å². The van der Waals surface area contributed by atoms with Crippen molar-refractivity contribution in [3.8, 4) is 5.75 Å². The number of pyridine rings is 1. The molecule has 1 aliphatic heterocycles. The van der Waals surface area contributed by atoms with Crippen LogP contribution >= 0.6 is 0 Å². The molecule has 4 nitrogen and oxygen atoms in total. The Morgan fingerprint density at radius 1 is 1.21 bits per heavy atom. The van der Waals surface area contributed by atoms with E-state index in [1.807, 2.05) is 6.07 Å². The maximum atomic E-state index is 6.06. The zero-order chi connectivity index (χ0) is 13.7. The average molecular weight is 261 g/mol. The highest BCUT2D eigenvalue weighted by atomic mass is 16.7. The highest BCUT2D eigenvalue weighted by Gasteiger charge is 2.52. The van der Waals surface area contributed by atoms with Crippen molar-refractivity contribution >= 4 is 12.6 Å². The molecular formula is C14H20BNO3. The van der Waals surface area contributed by atoms with Gasteiger partial charge in [0.25, 0.3) is 0 Å². The Morgan fingerprint density at radius 3 is 2.42 bits per heavy atom. The average Bonchev–Trinajstić information content (AvgIpc) is 3.08. The highest BCUT2D eigenvalue weighted by molar-refractivity contribution is 6.63. The molecule has 0 unspecified atom stereocenters. The summed E-state index contributed by atoms with van der Waals surface area (Å²) in [5, 5.41) is 0. The van der Waals surface area contributed by atoms with Gasteiger partial charge in [0.05, 0.1) is 23.5 Å². The van der Waals surface area contributed by atoms with Crippen LogP contribution in [0.5, 0.6) is 5.75 Å². The second-order valence-corrected chi connectivity index (χ2v) is 6.32. The van der Waals surface area contributed by atoms with Gasteiger partial charge in [0.2, 0.25) is 0 Å². The van der Waals surface area contributed by atoms with Crippen molar-refractivity contribution < 1.29 is 14.0 Å². The van der Waals surface area contributed by atoms with Crippen LogP contribution in [0.4, 0.5) is 0 Å². The SMILES string of the molecule is CC1(C)OB(c2ccncc2OC2CC2)OC1(C)C. The van der Waals surface area contributed by atoms with Crippen molar-refractivity contribution in [1.29, 1.82) is 0 Å². The molecule has 3 rings (SSSR count). The minimum Gasteiger partial charge on any atom is -0.489 e. The second kappa shape index (κ2) is 4.22. The topological polar surface area (TPSA) is 40.6 Å². The number of hydrogen-bond donors (Lipinski definition) is 0. The fourth-order valence-corrected chi connectivity index (χ4v) is 2.02. The normalized spacial score (nSPS) is 24.5. The molecule has 0 atom stereocenters. The van der Waals surface area contributed by atoms with Crippen LogP contribution in [0, 0.1) is 0 Å². The van der Waals surface area contributed by atoms with Crippen molar-refractivity contribution in [3.63, 3.8) is 0 Å².